The van der Waals surface area contributed by atoms with E-state index in [2.05, 4.69) is 10.3 Å². The van der Waals surface area contributed by atoms with Crippen LogP contribution in [-0.2, 0) is 4.79 Å². The zero-order valence-electron chi connectivity index (χ0n) is 7.90. The monoisotopic (exact) mass is 203 g/mol. The number of carbonyl (C=O) groups is 1. The highest BCUT2D eigenvalue weighted by Crippen LogP contribution is 2.29. The molecule has 0 atom stereocenters. The molecule has 0 aromatic carbocycles. The van der Waals surface area contributed by atoms with E-state index < -0.39 is 0 Å². The van der Waals surface area contributed by atoms with Gasteiger partial charge < -0.3 is 15.3 Å². The second-order valence-corrected chi connectivity index (χ2v) is 3.57. The molecule has 2 N–H and O–H groups in total. The average Bonchev–Trinajstić information content (AvgIpc) is 2.59. The number of allylic oxidation sites excluding steroid dienone is 2. The summed E-state index contributed by atoms with van der Waals surface area (Å²) in [6, 6.07) is 0. The lowest BCUT2D eigenvalue weighted by atomic mass is 10.1. The quantitative estimate of drug-likeness (QED) is 0.598. The van der Waals surface area contributed by atoms with Crippen LogP contribution in [0.3, 0.4) is 0 Å². The second-order valence-electron chi connectivity index (χ2n) is 3.57. The fraction of sp³-hybridized carbons (Fsp3) is 0.200. The number of carbonyl (C=O) groups excluding carboxylic acids is 1. The zero-order valence-corrected chi connectivity index (χ0v) is 7.90. The predicted molar refractivity (Wildman–Crippen MR) is 53.8 cm³/mol. The van der Waals surface area contributed by atoms with Gasteiger partial charge in [0.25, 0.3) is 0 Å². The molecule has 0 amide bonds. The van der Waals surface area contributed by atoms with Crippen molar-refractivity contribution in [2.75, 3.05) is 6.54 Å². The van der Waals surface area contributed by atoms with E-state index >= 15 is 0 Å². The highest BCUT2D eigenvalue weighted by Gasteiger charge is 2.30. The molecule has 0 aromatic heterocycles. The number of hydrogen-bond acceptors (Lipinski definition) is 5. The van der Waals surface area contributed by atoms with Gasteiger partial charge in [0.2, 0.25) is 0 Å². The van der Waals surface area contributed by atoms with Crippen LogP contribution in [0.1, 0.15) is 6.42 Å². The average molecular weight is 203 g/mol. The van der Waals surface area contributed by atoms with Crippen molar-refractivity contribution in [3.8, 4) is 0 Å². The maximum absolute atomic E-state index is 11.6. The minimum absolute atomic E-state index is 0.0293. The van der Waals surface area contributed by atoms with Crippen molar-refractivity contribution in [2.24, 2.45) is 4.99 Å². The van der Waals surface area contributed by atoms with Crippen molar-refractivity contribution in [1.82, 2.24) is 10.2 Å². The Bertz CT molecular complexity index is 471. The second kappa shape index (κ2) is 2.73. The molecule has 0 aromatic rings. The van der Waals surface area contributed by atoms with Gasteiger partial charge in [0.1, 0.15) is 11.5 Å². The first kappa shape index (κ1) is 8.28. The Labute approximate surface area is 86.1 Å². The minimum atomic E-state index is 0.0293. The van der Waals surface area contributed by atoms with Crippen LogP contribution in [-0.4, -0.2) is 28.5 Å². The van der Waals surface area contributed by atoms with Crippen LogP contribution in [0.2, 0.25) is 0 Å². The van der Waals surface area contributed by atoms with Gasteiger partial charge in [0.15, 0.2) is 11.6 Å². The topological polar surface area (TPSA) is 64.9 Å². The van der Waals surface area contributed by atoms with E-state index in [1.54, 1.807) is 18.5 Å². The van der Waals surface area contributed by atoms with Crippen LogP contribution in [0.4, 0.5) is 0 Å². The van der Waals surface area contributed by atoms with Gasteiger partial charge in [0.05, 0.1) is 12.2 Å². The summed E-state index contributed by atoms with van der Waals surface area (Å²) in [6.45, 7) is 0.386. The number of aliphatic imine (C=N–C) groups is 1. The molecule has 15 heavy (non-hydrogen) atoms. The molecule has 0 fully saturated rings. The van der Waals surface area contributed by atoms with Crippen molar-refractivity contribution in [3.05, 3.63) is 35.3 Å². The first-order chi connectivity index (χ1) is 7.25. The molecule has 3 aliphatic rings. The number of Topliss-reactive ketones (excluding diaryl/α,β-unsaturated/α-hetero) is 1. The number of nitrogens with one attached hydrogen (secondary N) is 1. The third kappa shape index (κ3) is 1.09. The lowest BCUT2D eigenvalue weighted by molar-refractivity contribution is -0.115. The van der Waals surface area contributed by atoms with Gasteiger partial charge in [-0.25, -0.2) is 4.99 Å². The third-order valence-electron chi connectivity index (χ3n) is 2.56. The normalized spacial score (nSPS) is 23.2. The van der Waals surface area contributed by atoms with Gasteiger partial charge in [0, 0.05) is 24.9 Å². The van der Waals surface area contributed by atoms with E-state index in [1.165, 1.54) is 0 Å². The van der Waals surface area contributed by atoms with E-state index in [1.807, 2.05) is 4.90 Å². The van der Waals surface area contributed by atoms with Crippen molar-refractivity contribution >= 4 is 12.0 Å². The fourth-order valence-electron chi connectivity index (χ4n) is 1.87. The number of hydrogen-bond donors (Lipinski definition) is 2. The summed E-state index contributed by atoms with van der Waals surface area (Å²) in [5.41, 5.74) is 1.35. The molecule has 0 aliphatic carbocycles. The van der Waals surface area contributed by atoms with Gasteiger partial charge in [-0.2, -0.15) is 0 Å². The molecule has 0 saturated carbocycles. The third-order valence-corrected chi connectivity index (χ3v) is 2.56. The highest BCUT2D eigenvalue weighted by atomic mass is 16.3. The Morgan fingerprint density at radius 3 is 3.27 bits per heavy atom. The maximum atomic E-state index is 11.6. The Morgan fingerprint density at radius 2 is 2.40 bits per heavy atom. The van der Waals surface area contributed by atoms with Crippen molar-refractivity contribution in [2.45, 2.75) is 6.42 Å². The van der Waals surface area contributed by atoms with E-state index in [4.69, 9.17) is 0 Å². The summed E-state index contributed by atoms with van der Waals surface area (Å²) in [5.74, 6) is 0.913. The van der Waals surface area contributed by atoms with E-state index in [9.17, 15) is 9.90 Å². The van der Waals surface area contributed by atoms with Crippen LogP contribution in [0, 0.1) is 0 Å². The van der Waals surface area contributed by atoms with E-state index in [-0.39, 0.29) is 11.5 Å². The van der Waals surface area contributed by atoms with Crippen LogP contribution >= 0.6 is 0 Å². The molecule has 76 valence electrons. The first-order valence-electron chi connectivity index (χ1n) is 4.69. The molecule has 5 nitrogen and oxygen atoms in total. The van der Waals surface area contributed by atoms with E-state index in [0.717, 1.165) is 5.70 Å². The number of aliphatic hydroxyl groups excluding tert-OH is 1. The van der Waals surface area contributed by atoms with Gasteiger partial charge in [-0.05, 0) is 0 Å². The number of aliphatic hydroxyl groups is 1. The van der Waals surface area contributed by atoms with Gasteiger partial charge >= 0.3 is 0 Å². The molecule has 3 rings (SSSR count). The van der Waals surface area contributed by atoms with Crippen LogP contribution in [0.25, 0.3) is 0 Å². The Hall–Kier alpha value is -2.04. The van der Waals surface area contributed by atoms with Crippen LogP contribution < -0.4 is 5.32 Å². The molecular formula is C10H9N3O2. The fourth-order valence-corrected chi connectivity index (χ4v) is 1.87. The van der Waals surface area contributed by atoms with E-state index in [0.29, 0.717) is 24.5 Å². The minimum Gasteiger partial charge on any atom is -0.510 e. The number of fused-ring (bicyclic) bond motifs is 2. The molecule has 3 heterocycles. The number of rotatable bonds is 0. The smallest absolute Gasteiger partial charge is 0.188 e. The summed E-state index contributed by atoms with van der Waals surface area (Å²) < 4.78 is 0. The Balaban J connectivity index is 2.05. The Kier molecular flexibility index (Phi) is 1.50. The summed E-state index contributed by atoms with van der Waals surface area (Å²) in [6.07, 6.45) is 5.30. The van der Waals surface area contributed by atoms with Gasteiger partial charge in [-0.1, -0.05) is 0 Å². The van der Waals surface area contributed by atoms with Crippen molar-refractivity contribution in [3.63, 3.8) is 0 Å². The van der Waals surface area contributed by atoms with Gasteiger partial charge in [-0.15, -0.1) is 0 Å². The summed E-state index contributed by atoms with van der Waals surface area (Å²) in [4.78, 5) is 17.6. The lowest BCUT2D eigenvalue weighted by Crippen LogP contribution is -2.33. The zero-order chi connectivity index (χ0) is 10.4. The lowest BCUT2D eigenvalue weighted by Gasteiger charge is -2.28. The molecule has 5 heteroatoms. The highest BCUT2D eigenvalue weighted by molar-refractivity contribution is 6.05. The molecule has 0 bridgehead atoms. The SMILES string of the molecule is O=C1CC=NC2=C1NC=C1C=C(O)CN12. The molecule has 3 aliphatic heterocycles. The number of nitrogens with zero attached hydrogens (tertiary/aromatic N) is 2. The summed E-state index contributed by atoms with van der Waals surface area (Å²) in [5, 5.41) is 12.3. The Morgan fingerprint density at radius 1 is 1.53 bits per heavy atom. The van der Waals surface area contributed by atoms with Crippen LogP contribution in [0.5, 0.6) is 0 Å². The molecule has 0 saturated heterocycles. The molecule has 0 radical (unpaired) electrons. The standard InChI is InChI=1S/C10H9N3O2/c14-7-3-6-4-12-9-8(15)1-2-11-10(9)13(6)5-7/h2-4,12,14H,1,5H2. The largest absolute Gasteiger partial charge is 0.510 e. The summed E-state index contributed by atoms with van der Waals surface area (Å²) >= 11 is 0. The number of ketones is 1. The molecule has 0 unspecified atom stereocenters. The molecule has 0 spiro atoms. The summed E-state index contributed by atoms with van der Waals surface area (Å²) in [7, 11) is 0. The van der Waals surface area contributed by atoms with Gasteiger partial charge in [-0.3, -0.25) is 4.79 Å². The maximum Gasteiger partial charge on any atom is 0.188 e. The first-order valence-corrected chi connectivity index (χ1v) is 4.69. The molecular weight excluding hydrogens is 194 g/mol. The van der Waals surface area contributed by atoms with Crippen molar-refractivity contribution in [1.29, 1.82) is 0 Å². The van der Waals surface area contributed by atoms with Crippen LogP contribution in [0.15, 0.2) is 40.2 Å². The van der Waals surface area contributed by atoms with Crippen molar-refractivity contribution < 1.29 is 9.90 Å². The predicted octanol–water partition coefficient (Wildman–Crippen LogP) is 0.401.